The van der Waals surface area contributed by atoms with Crippen LogP contribution >= 0.6 is 11.6 Å². The first-order valence-electron chi connectivity index (χ1n) is 7.95. The van der Waals surface area contributed by atoms with E-state index in [0.29, 0.717) is 19.1 Å². The summed E-state index contributed by atoms with van der Waals surface area (Å²) >= 11 is 5.90. The molecule has 0 aliphatic carbocycles. The summed E-state index contributed by atoms with van der Waals surface area (Å²) < 4.78 is 5.34. The molecule has 0 radical (unpaired) electrons. The number of hydrogen-bond acceptors (Lipinski definition) is 4. The van der Waals surface area contributed by atoms with Crippen LogP contribution in [0.3, 0.4) is 0 Å². The average Bonchev–Trinajstić information content (AvgIpc) is 2.48. The number of benzene rings is 1. The van der Waals surface area contributed by atoms with Crippen molar-refractivity contribution in [2.45, 2.75) is 31.9 Å². The summed E-state index contributed by atoms with van der Waals surface area (Å²) in [6, 6.07) is 8.23. The fourth-order valence-corrected chi connectivity index (χ4v) is 2.86. The van der Waals surface area contributed by atoms with E-state index in [2.05, 4.69) is 17.1 Å². The van der Waals surface area contributed by atoms with E-state index in [9.17, 15) is 5.11 Å². The first-order valence-corrected chi connectivity index (χ1v) is 8.33. The van der Waals surface area contributed by atoms with Crippen LogP contribution in [0.15, 0.2) is 24.3 Å². The molecule has 2 N–H and O–H groups in total. The standard InChI is InChI=1S/C17H27ClN2O2/c1-14(11-15-3-5-16(18)6-4-15)19-12-17(2,21)13-20-7-9-22-10-8-20/h3-6,14,19,21H,7-13H2,1-2H3. The highest BCUT2D eigenvalue weighted by molar-refractivity contribution is 6.30. The molecule has 0 saturated carbocycles. The topological polar surface area (TPSA) is 44.7 Å². The number of morpholine rings is 1. The van der Waals surface area contributed by atoms with Gasteiger partial charge < -0.3 is 15.2 Å². The van der Waals surface area contributed by atoms with E-state index in [4.69, 9.17) is 16.3 Å². The minimum absolute atomic E-state index is 0.303. The van der Waals surface area contributed by atoms with Crippen LogP contribution in [0.1, 0.15) is 19.4 Å². The maximum Gasteiger partial charge on any atom is 0.0869 e. The molecule has 1 aliphatic heterocycles. The average molecular weight is 327 g/mol. The molecule has 1 aromatic rings. The smallest absolute Gasteiger partial charge is 0.0869 e. The predicted octanol–water partition coefficient (Wildman–Crippen LogP) is 1.94. The second-order valence-electron chi connectivity index (χ2n) is 6.50. The summed E-state index contributed by atoms with van der Waals surface area (Å²) in [4.78, 5) is 2.26. The third-order valence-electron chi connectivity index (χ3n) is 3.95. The van der Waals surface area contributed by atoms with Crippen molar-refractivity contribution >= 4 is 11.6 Å². The van der Waals surface area contributed by atoms with Gasteiger partial charge in [0.1, 0.15) is 0 Å². The van der Waals surface area contributed by atoms with Crippen molar-refractivity contribution in [3.63, 3.8) is 0 Å². The Morgan fingerprint density at radius 2 is 1.95 bits per heavy atom. The number of aliphatic hydroxyl groups is 1. The van der Waals surface area contributed by atoms with E-state index < -0.39 is 5.60 Å². The van der Waals surface area contributed by atoms with Crippen molar-refractivity contribution in [2.24, 2.45) is 0 Å². The molecule has 5 heteroatoms. The summed E-state index contributed by atoms with van der Waals surface area (Å²) in [6.07, 6.45) is 0.921. The molecule has 1 saturated heterocycles. The van der Waals surface area contributed by atoms with E-state index in [1.807, 2.05) is 31.2 Å². The van der Waals surface area contributed by atoms with E-state index in [0.717, 1.165) is 37.7 Å². The number of nitrogens with one attached hydrogen (secondary N) is 1. The highest BCUT2D eigenvalue weighted by atomic mass is 35.5. The van der Waals surface area contributed by atoms with Crippen molar-refractivity contribution in [2.75, 3.05) is 39.4 Å². The van der Waals surface area contributed by atoms with Crippen LogP contribution in [-0.2, 0) is 11.2 Å². The van der Waals surface area contributed by atoms with Gasteiger partial charge in [0.25, 0.3) is 0 Å². The molecule has 1 heterocycles. The van der Waals surface area contributed by atoms with Crippen LogP contribution < -0.4 is 5.32 Å². The van der Waals surface area contributed by atoms with Gasteiger partial charge in [-0.05, 0) is 38.0 Å². The Bertz CT molecular complexity index is 444. The Morgan fingerprint density at radius 3 is 2.59 bits per heavy atom. The molecule has 22 heavy (non-hydrogen) atoms. The van der Waals surface area contributed by atoms with E-state index in [1.54, 1.807) is 0 Å². The summed E-state index contributed by atoms with van der Waals surface area (Å²) in [5.41, 5.74) is 0.517. The van der Waals surface area contributed by atoms with Gasteiger partial charge in [0.05, 0.1) is 18.8 Å². The van der Waals surface area contributed by atoms with Crippen LogP contribution in [-0.4, -0.2) is 61.0 Å². The predicted molar refractivity (Wildman–Crippen MR) is 90.5 cm³/mol. The van der Waals surface area contributed by atoms with Gasteiger partial charge in [-0.25, -0.2) is 0 Å². The van der Waals surface area contributed by atoms with Crippen molar-refractivity contribution in [1.82, 2.24) is 10.2 Å². The molecule has 2 unspecified atom stereocenters. The lowest BCUT2D eigenvalue weighted by atomic mass is 10.0. The largest absolute Gasteiger partial charge is 0.388 e. The second kappa shape index (κ2) is 8.27. The molecule has 1 aromatic carbocycles. The minimum atomic E-state index is -0.731. The van der Waals surface area contributed by atoms with Gasteiger partial charge in [0.15, 0.2) is 0 Å². The monoisotopic (exact) mass is 326 g/mol. The van der Waals surface area contributed by atoms with Crippen molar-refractivity contribution in [3.8, 4) is 0 Å². The molecule has 0 bridgehead atoms. The van der Waals surface area contributed by atoms with Gasteiger partial charge in [-0.15, -0.1) is 0 Å². The van der Waals surface area contributed by atoms with Crippen LogP contribution in [0.2, 0.25) is 5.02 Å². The number of rotatable bonds is 7. The molecule has 1 aliphatic rings. The molecular weight excluding hydrogens is 300 g/mol. The van der Waals surface area contributed by atoms with E-state index in [-0.39, 0.29) is 0 Å². The zero-order valence-corrected chi connectivity index (χ0v) is 14.3. The maximum atomic E-state index is 10.6. The summed E-state index contributed by atoms with van der Waals surface area (Å²) in [5, 5.41) is 14.8. The number of β-amino-alcohol motifs (C(OH)–C–C–N with tert-alkyl or cyclic N) is 1. The lowest BCUT2D eigenvalue weighted by Gasteiger charge is -2.34. The minimum Gasteiger partial charge on any atom is -0.388 e. The highest BCUT2D eigenvalue weighted by Crippen LogP contribution is 2.12. The first kappa shape index (κ1) is 17.7. The van der Waals surface area contributed by atoms with Gasteiger partial charge in [-0.2, -0.15) is 0 Å². The quantitative estimate of drug-likeness (QED) is 0.804. The molecular formula is C17H27ClN2O2. The Morgan fingerprint density at radius 1 is 1.32 bits per heavy atom. The third-order valence-corrected chi connectivity index (χ3v) is 4.21. The van der Waals surface area contributed by atoms with E-state index >= 15 is 0 Å². The van der Waals surface area contributed by atoms with Gasteiger partial charge in [0, 0.05) is 37.2 Å². The Labute approximate surface area is 138 Å². The summed E-state index contributed by atoms with van der Waals surface area (Å²) in [6.45, 7) is 8.61. The third kappa shape index (κ3) is 6.23. The summed E-state index contributed by atoms with van der Waals surface area (Å²) in [5.74, 6) is 0. The molecule has 124 valence electrons. The SMILES string of the molecule is CC(Cc1ccc(Cl)cc1)NCC(C)(O)CN1CCOCC1. The molecule has 2 rings (SSSR count). The molecule has 2 atom stereocenters. The molecule has 4 nitrogen and oxygen atoms in total. The molecule has 1 fully saturated rings. The van der Waals surface area contributed by atoms with Gasteiger partial charge >= 0.3 is 0 Å². The normalized spacial score (nSPS) is 20.5. The Kier molecular flexibility index (Phi) is 6.66. The second-order valence-corrected chi connectivity index (χ2v) is 6.93. The number of ether oxygens (including phenoxy) is 1. The van der Waals surface area contributed by atoms with Gasteiger partial charge in [0.2, 0.25) is 0 Å². The van der Waals surface area contributed by atoms with Crippen molar-refractivity contribution in [1.29, 1.82) is 0 Å². The maximum absolute atomic E-state index is 10.6. The van der Waals surface area contributed by atoms with Gasteiger partial charge in [-0.3, -0.25) is 4.90 Å². The number of hydrogen-bond donors (Lipinski definition) is 2. The lowest BCUT2D eigenvalue weighted by molar-refractivity contribution is -0.0226. The molecule has 0 spiro atoms. The van der Waals surface area contributed by atoms with Crippen LogP contribution in [0.25, 0.3) is 0 Å². The van der Waals surface area contributed by atoms with Crippen molar-refractivity contribution in [3.05, 3.63) is 34.9 Å². The number of halogens is 1. The van der Waals surface area contributed by atoms with Gasteiger partial charge in [-0.1, -0.05) is 23.7 Å². The van der Waals surface area contributed by atoms with E-state index in [1.165, 1.54) is 5.56 Å². The first-order chi connectivity index (χ1) is 10.4. The highest BCUT2D eigenvalue weighted by Gasteiger charge is 2.25. The molecule has 0 aromatic heterocycles. The molecule has 0 amide bonds. The Hall–Kier alpha value is -0.650. The van der Waals surface area contributed by atoms with Crippen LogP contribution in [0, 0.1) is 0 Å². The van der Waals surface area contributed by atoms with Crippen LogP contribution in [0.5, 0.6) is 0 Å². The Balaban J connectivity index is 1.73. The lowest BCUT2D eigenvalue weighted by Crippen LogP contribution is -2.51. The zero-order chi connectivity index (χ0) is 16.0. The fourth-order valence-electron chi connectivity index (χ4n) is 2.74. The fraction of sp³-hybridized carbons (Fsp3) is 0.647. The zero-order valence-electron chi connectivity index (χ0n) is 13.5. The number of nitrogens with zero attached hydrogens (tertiary/aromatic N) is 1. The van der Waals surface area contributed by atoms with Crippen molar-refractivity contribution < 1.29 is 9.84 Å². The van der Waals surface area contributed by atoms with Crippen LogP contribution in [0.4, 0.5) is 0 Å². The summed E-state index contributed by atoms with van der Waals surface area (Å²) in [7, 11) is 0.